The number of piperazine rings is 1. The van der Waals surface area contributed by atoms with Crippen molar-refractivity contribution in [3.63, 3.8) is 0 Å². The smallest absolute Gasteiger partial charge is 0.252 e. The Kier molecular flexibility index (Phi) is 5.29. The SMILES string of the molecule is Cc1nc2ncnn2c(C)c1CCC(=O)N1CCN(Cc2ccncc2)CC1. The molecule has 1 aliphatic heterocycles. The summed E-state index contributed by atoms with van der Waals surface area (Å²) >= 11 is 0. The van der Waals surface area contributed by atoms with Crippen molar-refractivity contribution in [2.45, 2.75) is 33.2 Å². The van der Waals surface area contributed by atoms with Crippen LogP contribution in [0.4, 0.5) is 0 Å². The molecule has 8 heteroatoms. The lowest BCUT2D eigenvalue weighted by Gasteiger charge is -2.34. The van der Waals surface area contributed by atoms with E-state index in [4.69, 9.17) is 0 Å². The van der Waals surface area contributed by atoms with Crippen LogP contribution in [0.25, 0.3) is 5.78 Å². The molecule has 146 valence electrons. The topological polar surface area (TPSA) is 79.5 Å². The van der Waals surface area contributed by atoms with E-state index in [-0.39, 0.29) is 5.91 Å². The third-order valence-electron chi connectivity index (χ3n) is 5.46. The van der Waals surface area contributed by atoms with Gasteiger partial charge in [0, 0.05) is 62.9 Å². The van der Waals surface area contributed by atoms with Crippen LogP contribution in [0.15, 0.2) is 30.9 Å². The van der Waals surface area contributed by atoms with Crippen LogP contribution in [0.2, 0.25) is 0 Å². The van der Waals surface area contributed by atoms with E-state index >= 15 is 0 Å². The number of nitrogens with zero attached hydrogens (tertiary/aromatic N) is 7. The molecule has 3 aromatic rings. The predicted molar refractivity (Wildman–Crippen MR) is 105 cm³/mol. The molecule has 1 saturated heterocycles. The highest BCUT2D eigenvalue weighted by Crippen LogP contribution is 2.16. The number of aryl methyl sites for hydroxylation is 2. The maximum Gasteiger partial charge on any atom is 0.252 e. The summed E-state index contributed by atoms with van der Waals surface area (Å²) in [6.07, 6.45) is 6.33. The fourth-order valence-corrected chi connectivity index (χ4v) is 3.81. The molecule has 0 bridgehead atoms. The van der Waals surface area contributed by atoms with Gasteiger partial charge in [0.2, 0.25) is 5.91 Å². The number of fused-ring (bicyclic) bond motifs is 1. The van der Waals surface area contributed by atoms with Crippen molar-refractivity contribution in [1.82, 2.24) is 34.4 Å². The van der Waals surface area contributed by atoms with Gasteiger partial charge in [-0.15, -0.1) is 0 Å². The molecule has 0 aliphatic carbocycles. The normalized spacial score (nSPS) is 15.3. The van der Waals surface area contributed by atoms with Gasteiger partial charge in [0.15, 0.2) is 0 Å². The minimum Gasteiger partial charge on any atom is -0.340 e. The highest BCUT2D eigenvalue weighted by Gasteiger charge is 2.21. The maximum absolute atomic E-state index is 12.7. The fraction of sp³-hybridized carbons (Fsp3) is 0.450. The first-order valence-corrected chi connectivity index (χ1v) is 9.66. The summed E-state index contributed by atoms with van der Waals surface area (Å²) < 4.78 is 1.74. The largest absolute Gasteiger partial charge is 0.340 e. The van der Waals surface area contributed by atoms with Gasteiger partial charge in [0.25, 0.3) is 5.78 Å². The lowest BCUT2D eigenvalue weighted by atomic mass is 10.1. The van der Waals surface area contributed by atoms with Gasteiger partial charge in [-0.05, 0) is 43.5 Å². The molecule has 1 aliphatic rings. The Morgan fingerprint density at radius 2 is 1.86 bits per heavy atom. The van der Waals surface area contributed by atoms with Crippen LogP contribution in [-0.2, 0) is 17.8 Å². The van der Waals surface area contributed by atoms with Gasteiger partial charge >= 0.3 is 0 Å². The molecule has 0 spiro atoms. The summed E-state index contributed by atoms with van der Waals surface area (Å²) in [6.45, 7) is 8.25. The number of aromatic nitrogens is 5. The Balaban J connectivity index is 1.32. The van der Waals surface area contributed by atoms with E-state index in [0.717, 1.165) is 49.7 Å². The number of rotatable bonds is 5. The van der Waals surface area contributed by atoms with Crippen molar-refractivity contribution < 1.29 is 4.79 Å². The van der Waals surface area contributed by atoms with Gasteiger partial charge in [-0.2, -0.15) is 10.1 Å². The van der Waals surface area contributed by atoms with Gasteiger partial charge in [0.05, 0.1) is 0 Å². The first-order valence-electron chi connectivity index (χ1n) is 9.66. The Hall–Kier alpha value is -2.87. The molecule has 0 radical (unpaired) electrons. The minimum atomic E-state index is 0.209. The summed E-state index contributed by atoms with van der Waals surface area (Å²) in [5, 5.41) is 4.22. The van der Waals surface area contributed by atoms with E-state index in [1.54, 1.807) is 4.52 Å². The van der Waals surface area contributed by atoms with Gasteiger partial charge in [-0.1, -0.05) is 0 Å². The zero-order chi connectivity index (χ0) is 19.5. The van der Waals surface area contributed by atoms with Crippen LogP contribution in [0, 0.1) is 13.8 Å². The molecule has 0 saturated carbocycles. The lowest BCUT2D eigenvalue weighted by molar-refractivity contribution is -0.133. The maximum atomic E-state index is 12.7. The Morgan fingerprint density at radius 1 is 1.11 bits per heavy atom. The Labute approximate surface area is 164 Å². The molecule has 8 nitrogen and oxygen atoms in total. The average molecular weight is 379 g/mol. The number of pyridine rings is 1. The van der Waals surface area contributed by atoms with Crippen LogP contribution in [-0.4, -0.2) is 66.5 Å². The predicted octanol–water partition coefficient (Wildman–Crippen LogP) is 1.41. The summed E-state index contributed by atoms with van der Waals surface area (Å²) in [5.74, 6) is 0.816. The van der Waals surface area contributed by atoms with E-state index in [1.165, 1.54) is 11.9 Å². The second-order valence-electron chi connectivity index (χ2n) is 7.25. The van der Waals surface area contributed by atoms with Crippen molar-refractivity contribution in [3.8, 4) is 0 Å². The van der Waals surface area contributed by atoms with E-state index in [2.05, 4.69) is 25.0 Å². The fourth-order valence-electron chi connectivity index (χ4n) is 3.81. The Bertz CT molecular complexity index is 961. The number of hydrogen-bond donors (Lipinski definition) is 0. The second-order valence-corrected chi connectivity index (χ2v) is 7.25. The molecule has 28 heavy (non-hydrogen) atoms. The summed E-state index contributed by atoms with van der Waals surface area (Å²) in [7, 11) is 0. The quantitative estimate of drug-likeness (QED) is 0.667. The second kappa shape index (κ2) is 8.02. The zero-order valence-electron chi connectivity index (χ0n) is 16.4. The van der Waals surface area contributed by atoms with Crippen molar-refractivity contribution in [1.29, 1.82) is 0 Å². The van der Waals surface area contributed by atoms with Crippen LogP contribution < -0.4 is 0 Å². The number of amides is 1. The van der Waals surface area contributed by atoms with Crippen molar-refractivity contribution in [3.05, 3.63) is 53.4 Å². The zero-order valence-corrected chi connectivity index (χ0v) is 16.4. The molecule has 3 aromatic heterocycles. The van der Waals surface area contributed by atoms with E-state index in [1.807, 2.05) is 43.3 Å². The van der Waals surface area contributed by atoms with E-state index in [0.29, 0.717) is 18.6 Å². The standard InChI is InChI=1S/C20H25N7O/c1-15-18(16(2)27-20(24-15)22-14-23-27)3-4-19(28)26-11-9-25(10-12-26)13-17-5-7-21-8-6-17/h5-8,14H,3-4,9-13H2,1-2H3. The molecule has 0 atom stereocenters. The van der Waals surface area contributed by atoms with Gasteiger partial charge in [-0.25, -0.2) is 9.50 Å². The third-order valence-corrected chi connectivity index (χ3v) is 5.46. The highest BCUT2D eigenvalue weighted by atomic mass is 16.2. The molecule has 4 heterocycles. The first-order chi connectivity index (χ1) is 13.6. The number of hydrogen-bond acceptors (Lipinski definition) is 6. The third kappa shape index (κ3) is 3.87. The molecule has 4 rings (SSSR count). The molecule has 0 aromatic carbocycles. The monoisotopic (exact) mass is 379 g/mol. The van der Waals surface area contributed by atoms with E-state index in [9.17, 15) is 4.79 Å². The summed E-state index contributed by atoms with van der Waals surface area (Å²) in [5.41, 5.74) is 4.28. The Morgan fingerprint density at radius 3 is 2.61 bits per heavy atom. The van der Waals surface area contributed by atoms with Crippen molar-refractivity contribution in [2.75, 3.05) is 26.2 Å². The molecule has 1 fully saturated rings. The molecular weight excluding hydrogens is 354 g/mol. The van der Waals surface area contributed by atoms with Crippen LogP contribution >= 0.6 is 0 Å². The molecule has 1 amide bonds. The van der Waals surface area contributed by atoms with Crippen LogP contribution in [0.1, 0.15) is 28.9 Å². The van der Waals surface area contributed by atoms with Crippen molar-refractivity contribution >= 4 is 11.7 Å². The molecular formula is C20H25N7O. The highest BCUT2D eigenvalue weighted by molar-refractivity contribution is 5.76. The number of carbonyl (C=O) groups is 1. The van der Waals surface area contributed by atoms with Crippen molar-refractivity contribution in [2.24, 2.45) is 0 Å². The van der Waals surface area contributed by atoms with Gasteiger partial charge in [0.1, 0.15) is 6.33 Å². The van der Waals surface area contributed by atoms with Crippen LogP contribution in [0.3, 0.4) is 0 Å². The average Bonchev–Trinajstić information content (AvgIpc) is 3.17. The lowest BCUT2D eigenvalue weighted by Crippen LogP contribution is -2.48. The van der Waals surface area contributed by atoms with Gasteiger partial charge in [-0.3, -0.25) is 14.7 Å². The van der Waals surface area contributed by atoms with E-state index < -0.39 is 0 Å². The molecule has 0 unspecified atom stereocenters. The first kappa shape index (κ1) is 18.5. The summed E-state index contributed by atoms with van der Waals surface area (Å²) in [4.78, 5) is 29.8. The summed E-state index contributed by atoms with van der Waals surface area (Å²) in [6, 6.07) is 4.09. The number of carbonyl (C=O) groups excluding carboxylic acids is 1. The van der Waals surface area contributed by atoms with Gasteiger partial charge < -0.3 is 4.90 Å². The van der Waals surface area contributed by atoms with Crippen LogP contribution in [0.5, 0.6) is 0 Å². The molecule has 0 N–H and O–H groups in total. The minimum absolute atomic E-state index is 0.209.